The molecule has 2 aliphatic heterocycles. The number of aromatic carboxylic acids is 1. The zero-order valence-electron chi connectivity index (χ0n) is 14.4. The number of carboxylic acids is 1. The predicted molar refractivity (Wildman–Crippen MR) is 110 cm³/mol. The highest BCUT2D eigenvalue weighted by Gasteiger charge is 2.29. The summed E-state index contributed by atoms with van der Waals surface area (Å²) in [5, 5.41) is 10.2. The van der Waals surface area contributed by atoms with Gasteiger partial charge in [-0.25, -0.2) is 4.79 Å². The first kappa shape index (κ1) is 18.9. The van der Waals surface area contributed by atoms with Crippen molar-refractivity contribution < 1.29 is 14.7 Å². The Balaban J connectivity index is 1.42. The molecule has 1 N–H and O–H groups in total. The van der Waals surface area contributed by atoms with Gasteiger partial charge in [-0.1, -0.05) is 23.7 Å². The molecule has 144 valence electrons. The normalized spacial score (nSPS) is 18.7. The van der Waals surface area contributed by atoms with E-state index in [4.69, 9.17) is 16.7 Å². The van der Waals surface area contributed by atoms with E-state index in [1.807, 2.05) is 0 Å². The summed E-state index contributed by atoms with van der Waals surface area (Å²) < 4.78 is 8.21. The van der Waals surface area contributed by atoms with Crippen LogP contribution in [0.5, 0.6) is 0 Å². The number of anilines is 1. The SMILES string of the molecule is O=C1N=C(N2CCN(c3nsnc3Cl)CC2)SC1=Cc1cccc(C(=O)O)c1. The van der Waals surface area contributed by atoms with E-state index in [-0.39, 0.29) is 11.5 Å². The lowest BCUT2D eigenvalue weighted by Crippen LogP contribution is -2.48. The zero-order valence-corrected chi connectivity index (χ0v) is 16.8. The molecule has 28 heavy (non-hydrogen) atoms. The first-order valence-electron chi connectivity index (χ1n) is 8.35. The molecule has 0 spiro atoms. The number of nitrogens with zero attached hydrogens (tertiary/aromatic N) is 5. The van der Waals surface area contributed by atoms with Gasteiger partial charge in [-0.2, -0.15) is 13.7 Å². The van der Waals surface area contributed by atoms with Gasteiger partial charge in [0.25, 0.3) is 5.91 Å². The van der Waals surface area contributed by atoms with E-state index in [9.17, 15) is 9.59 Å². The number of hydrogen-bond donors (Lipinski definition) is 1. The number of piperazine rings is 1. The van der Waals surface area contributed by atoms with Crippen molar-refractivity contribution in [1.29, 1.82) is 0 Å². The van der Waals surface area contributed by atoms with Crippen molar-refractivity contribution in [3.63, 3.8) is 0 Å². The number of carboxylic acid groups (broad SMARTS) is 1. The number of aromatic nitrogens is 2. The molecule has 0 saturated carbocycles. The second-order valence-corrected chi connectivity index (χ2v) is 7.99. The number of amides is 1. The Morgan fingerprint density at radius 3 is 2.61 bits per heavy atom. The maximum absolute atomic E-state index is 12.3. The van der Waals surface area contributed by atoms with E-state index in [1.165, 1.54) is 23.9 Å². The molecule has 0 radical (unpaired) electrons. The highest BCUT2D eigenvalue weighted by atomic mass is 35.5. The van der Waals surface area contributed by atoms with Gasteiger partial charge < -0.3 is 14.9 Å². The van der Waals surface area contributed by atoms with Crippen LogP contribution in [-0.2, 0) is 4.79 Å². The molecule has 1 aromatic heterocycles. The fraction of sp³-hybridized carbons (Fsp3) is 0.235. The average molecular weight is 436 g/mol. The summed E-state index contributed by atoms with van der Waals surface area (Å²) in [4.78, 5) is 32.2. The topological polar surface area (TPSA) is 99.0 Å². The van der Waals surface area contributed by atoms with Crippen molar-refractivity contribution >= 4 is 64.0 Å². The number of carbonyl (C=O) groups is 2. The Labute approximate surface area is 173 Å². The minimum atomic E-state index is -1.00. The molecule has 1 saturated heterocycles. The molecule has 0 atom stereocenters. The lowest BCUT2D eigenvalue weighted by atomic mass is 10.1. The van der Waals surface area contributed by atoms with Crippen LogP contribution in [0.3, 0.4) is 0 Å². The maximum Gasteiger partial charge on any atom is 0.335 e. The smallest absolute Gasteiger partial charge is 0.335 e. The highest BCUT2D eigenvalue weighted by molar-refractivity contribution is 8.18. The summed E-state index contributed by atoms with van der Waals surface area (Å²) >= 11 is 8.44. The zero-order chi connectivity index (χ0) is 19.7. The molecule has 0 unspecified atom stereocenters. The van der Waals surface area contributed by atoms with Gasteiger partial charge in [0.05, 0.1) is 22.2 Å². The van der Waals surface area contributed by atoms with Crippen LogP contribution >= 0.6 is 35.1 Å². The number of carbonyl (C=O) groups excluding carboxylic acids is 1. The molecule has 4 rings (SSSR count). The van der Waals surface area contributed by atoms with Gasteiger partial charge >= 0.3 is 5.97 Å². The number of aliphatic imine (C=N–C) groups is 1. The summed E-state index contributed by atoms with van der Waals surface area (Å²) in [6.45, 7) is 2.79. The summed E-state index contributed by atoms with van der Waals surface area (Å²) in [5.41, 5.74) is 0.833. The van der Waals surface area contributed by atoms with Crippen LogP contribution in [-0.4, -0.2) is 62.0 Å². The number of hydrogen-bond acceptors (Lipinski definition) is 8. The molecule has 2 aromatic rings. The van der Waals surface area contributed by atoms with E-state index in [1.54, 1.807) is 18.2 Å². The van der Waals surface area contributed by atoms with E-state index in [0.29, 0.717) is 52.8 Å². The number of rotatable bonds is 3. The molecule has 1 aromatic carbocycles. The molecule has 0 aliphatic carbocycles. The van der Waals surface area contributed by atoms with Crippen LogP contribution in [0.2, 0.25) is 5.15 Å². The first-order valence-corrected chi connectivity index (χ1v) is 10.3. The quantitative estimate of drug-likeness (QED) is 0.734. The van der Waals surface area contributed by atoms with Gasteiger partial charge in [-0.05, 0) is 35.5 Å². The molecular weight excluding hydrogens is 422 g/mol. The maximum atomic E-state index is 12.3. The molecule has 11 heteroatoms. The molecule has 3 heterocycles. The third kappa shape index (κ3) is 3.89. The van der Waals surface area contributed by atoms with Crippen molar-refractivity contribution in [3.05, 3.63) is 45.5 Å². The van der Waals surface area contributed by atoms with E-state index >= 15 is 0 Å². The molecule has 2 aliphatic rings. The summed E-state index contributed by atoms with van der Waals surface area (Å²) in [7, 11) is 0. The second kappa shape index (κ2) is 7.90. The summed E-state index contributed by atoms with van der Waals surface area (Å²) in [5.74, 6) is -0.618. The van der Waals surface area contributed by atoms with Gasteiger partial charge in [0.15, 0.2) is 16.1 Å². The van der Waals surface area contributed by atoms with E-state index in [2.05, 4.69) is 23.5 Å². The highest BCUT2D eigenvalue weighted by Crippen LogP contribution is 2.31. The number of thioether (sulfide) groups is 1. The van der Waals surface area contributed by atoms with Crippen LogP contribution in [0.15, 0.2) is 34.2 Å². The Morgan fingerprint density at radius 1 is 1.18 bits per heavy atom. The second-order valence-electron chi connectivity index (χ2n) is 6.09. The fourth-order valence-corrected chi connectivity index (χ4v) is 4.66. The molecule has 8 nitrogen and oxygen atoms in total. The van der Waals surface area contributed by atoms with Gasteiger partial charge in [0.2, 0.25) is 0 Å². The predicted octanol–water partition coefficient (Wildman–Crippen LogP) is 2.68. The van der Waals surface area contributed by atoms with Crippen LogP contribution < -0.4 is 4.90 Å². The van der Waals surface area contributed by atoms with Crippen molar-refractivity contribution in [2.75, 3.05) is 31.1 Å². The monoisotopic (exact) mass is 435 g/mol. The Bertz CT molecular complexity index is 998. The molecule has 1 fully saturated rings. The third-order valence-electron chi connectivity index (χ3n) is 4.32. The van der Waals surface area contributed by atoms with Gasteiger partial charge in [-0.3, -0.25) is 4.79 Å². The van der Waals surface area contributed by atoms with Gasteiger partial charge in [0.1, 0.15) is 0 Å². The summed E-state index contributed by atoms with van der Waals surface area (Å²) in [6, 6.07) is 6.46. The van der Waals surface area contributed by atoms with Crippen molar-refractivity contribution in [3.8, 4) is 0 Å². The van der Waals surface area contributed by atoms with Crippen LogP contribution in [0, 0.1) is 0 Å². The Kier molecular flexibility index (Phi) is 5.33. The van der Waals surface area contributed by atoms with E-state index in [0.717, 1.165) is 11.7 Å². The van der Waals surface area contributed by atoms with Gasteiger partial charge in [-0.15, -0.1) is 0 Å². The van der Waals surface area contributed by atoms with E-state index < -0.39 is 5.97 Å². The van der Waals surface area contributed by atoms with Gasteiger partial charge in [0, 0.05) is 26.2 Å². The largest absolute Gasteiger partial charge is 0.478 e. The minimum Gasteiger partial charge on any atom is -0.478 e. The lowest BCUT2D eigenvalue weighted by Gasteiger charge is -2.35. The third-order valence-corrected chi connectivity index (χ3v) is 6.24. The Morgan fingerprint density at radius 2 is 1.93 bits per heavy atom. The molecule has 0 bridgehead atoms. The molecular formula is C17H14ClN5O3S2. The number of amidine groups is 1. The average Bonchev–Trinajstić information content (AvgIpc) is 3.28. The lowest BCUT2D eigenvalue weighted by molar-refractivity contribution is -0.113. The van der Waals surface area contributed by atoms with Crippen LogP contribution in [0.4, 0.5) is 5.82 Å². The van der Waals surface area contributed by atoms with Crippen molar-refractivity contribution in [2.24, 2.45) is 4.99 Å². The minimum absolute atomic E-state index is 0.178. The molecule has 1 amide bonds. The van der Waals surface area contributed by atoms with Crippen molar-refractivity contribution in [1.82, 2.24) is 13.6 Å². The standard InChI is InChI=1S/C17H14ClN5O3S2/c18-13-14(21-28-20-13)22-4-6-23(7-5-22)17-19-15(24)12(27-17)9-10-2-1-3-11(8-10)16(25)26/h1-3,8-9H,4-7H2,(H,25,26). The number of halogens is 1. The first-order chi connectivity index (χ1) is 13.5. The van der Waals surface area contributed by atoms with Crippen LogP contribution in [0.25, 0.3) is 6.08 Å². The van der Waals surface area contributed by atoms with Crippen LogP contribution in [0.1, 0.15) is 15.9 Å². The Hall–Kier alpha value is -2.43. The summed E-state index contributed by atoms with van der Waals surface area (Å²) in [6.07, 6.45) is 1.67. The fourth-order valence-electron chi connectivity index (χ4n) is 2.92. The van der Waals surface area contributed by atoms with Crippen molar-refractivity contribution in [2.45, 2.75) is 0 Å². The number of benzene rings is 1.